The number of nitrogens with zero attached hydrogens (tertiary/aromatic N) is 5. The molecule has 260 valence electrons. The number of rotatable bonds is 4. The fourth-order valence-corrected chi connectivity index (χ4v) is 8.80. The Bertz CT molecular complexity index is 3070. The first-order chi connectivity index (χ1) is 27.0. The fraction of sp³-hybridized carbons (Fsp3) is 0.0600. The van der Waals surface area contributed by atoms with Crippen LogP contribution in [0, 0.1) is 0 Å². The van der Waals surface area contributed by atoms with Crippen molar-refractivity contribution in [2.45, 2.75) is 19.3 Å². The van der Waals surface area contributed by atoms with Gasteiger partial charge in [0.25, 0.3) is 0 Å². The lowest BCUT2D eigenvalue weighted by atomic mass is 9.73. The second kappa shape index (κ2) is 12.0. The predicted octanol–water partition coefficient (Wildman–Crippen LogP) is 12.7. The number of anilines is 3. The molecule has 5 nitrogen and oxygen atoms in total. The second-order valence-electron chi connectivity index (χ2n) is 14.9. The number of fused-ring (bicyclic) bond motifs is 8. The van der Waals surface area contributed by atoms with E-state index in [0.29, 0.717) is 5.95 Å². The zero-order valence-electron chi connectivity index (χ0n) is 30.5. The van der Waals surface area contributed by atoms with Gasteiger partial charge in [-0.3, -0.25) is 9.55 Å². The van der Waals surface area contributed by atoms with Crippen molar-refractivity contribution in [3.63, 3.8) is 0 Å². The molecule has 55 heavy (non-hydrogen) atoms. The van der Waals surface area contributed by atoms with Crippen molar-refractivity contribution in [2.24, 2.45) is 0 Å². The van der Waals surface area contributed by atoms with Crippen molar-refractivity contribution in [1.82, 2.24) is 19.5 Å². The van der Waals surface area contributed by atoms with Crippen LogP contribution in [-0.4, -0.2) is 19.5 Å². The van der Waals surface area contributed by atoms with Crippen molar-refractivity contribution < 1.29 is 0 Å². The van der Waals surface area contributed by atoms with Gasteiger partial charge in [-0.15, -0.1) is 0 Å². The van der Waals surface area contributed by atoms with Crippen molar-refractivity contribution in [3.05, 3.63) is 187 Å². The van der Waals surface area contributed by atoms with Crippen molar-refractivity contribution in [1.29, 1.82) is 0 Å². The number of aromatic nitrogens is 4. The van der Waals surface area contributed by atoms with Crippen LogP contribution in [0.2, 0.25) is 0 Å². The number of hydrogen-bond acceptors (Lipinski definition) is 4. The van der Waals surface area contributed by atoms with E-state index in [9.17, 15) is 0 Å². The standard InChI is InChI=1S/C50H35N5/c1-50(2)41-14-6-9-17-45(41)54(46-18-10-7-15-42(46)50)36-23-19-32(20-24-36)35-22-26-44-40(31-35)38-13-5-8-16-43(38)55(44)49-52-47(34-27-29-51-30-28-34)39-25-21-33-11-3-4-12-37(33)48(39)53-49/h3-31H,1-2H3. The van der Waals surface area contributed by atoms with E-state index in [-0.39, 0.29) is 5.41 Å². The lowest BCUT2D eigenvalue weighted by molar-refractivity contribution is 0.632. The minimum Gasteiger partial charge on any atom is -0.310 e. The summed E-state index contributed by atoms with van der Waals surface area (Å²) >= 11 is 0. The Labute approximate surface area is 318 Å². The molecule has 0 atom stereocenters. The van der Waals surface area contributed by atoms with Gasteiger partial charge in [-0.2, -0.15) is 0 Å². The third-order valence-corrected chi connectivity index (χ3v) is 11.5. The SMILES string of the molecule is CC1(C)c2ccccc2N(c2ccc(-c3ccc4c(c3)c3ccccc3n4-c3nc(-c4ccncc4)c4ccc5ccccc5c4n3)cc2)c2ccccc21. The molecule has 7 aromatic carbocycles. The first kappa shape index (κ1) is 31.4. The van der Waals surface area contributed by atoms with Crippen molar-refractivity contribution >= 4 is 60.5 Å². The van der Waals surface area contributed by atoms with Gasteiger partial charge in [0.2, 0.25) is 5.95 Å². The summed E-state index contributed by atoms with van der Waals surface area (Å²) in [5, 5.41) is 5.58. The van der Waals surface area contributed by atoms with Crippen LogP contribution in [0.25, 0.3) is 71.8 Å². The minimum absolute atomic E-state index is 0.0928. The molecule has 3 aromatic heterocycles. The van der Waals surface area contributed by atoms with Gasteiger partial charge in [0.05, 0.1) is 33.6 Å². The van der Waals surface area contributed by atoms with E-state index in [0.717, 1.165) is 71.6 Å². The number of hydrogen-bond donors (Lipinski definition) is 0. The first-order valence-corrected chi connectivity index (χ1v) is 18.8. The Morgan fingerprint density at radius 2 is 1.11 bits per heavy atom. The quantitative estimate of drug-likeness (QED) is 0.171. The molecule has 11 rings (SSSR count). The number of pyridine rings is 1. The highest BCUT2D eigenvalue weighted by Crippen LogP contribution is 2.51. The molecule has 10 aromatic rings. The molecule has 0 amide bonds. The van der Waals surface area contributed by atoms with Crippen LogP contribution in [0.5, 0.6) is 0 Å². The molecule has 0 radical (unpaired) electrons. The average molecular weight is 706 g/mol. The minimum atomic E-state index is -0.0928. The molecule has 4 heterocycles. The summed E-state index contributed by atoms with van der Waals surface area (Å²) in [6.45, 7) is 4.65. The maximum Gasteiger partial charge on any atom is 0.235 e. The van der Waals surface area contributed by atoms with Gasteiger partial charge >= 0.3 is 0 Å². The highest BCUT2D eigenvalue weighted by Gasteiger charge is 2.36. The van der Waals surface area contributed by atoms with Crippen molar-refractivity contribution in [2.75, 3.05) is 4.90 Å². The summed E-state index contributed by atoms with van der Waals surface area (Å²) in [6, 6.07) is 58.7. The van der Waals surface area contributed by atoms with Crippen LogP contribution >= 0.6 is 0 Å². The van der Waals surface area contributed by atoms with Crippen LogP contribution < -0.4 is 4.90 Å². The molecule has 0 fully saturated rings. The van der Waals surface area contributed by atoms with E-state index < -0.39 is 0 Å². The molecule has 0 spiro atoms. The normalized spacial score (nSPS) is 13.4. The fourth-order valence-electron chi connectivity index (χ4n) is 8.80. The van der Waals surface area contributed by atoms with Crippen LogP contribution in [0.3, 0.4) is 0 Å². The summed E-state index contributed by atoms with van der Waals surface area (Å²) in [4.78, 5) is 17.4. The Kier molecular flexibility index (Phi) is 6.83. The van der Waals surface area contributed by atoms with E-state index in [1.165, 1.54) is 22.5 Å². The van der Waals surface area contributed by atoms with Gasteiger partial charge < -0.3 is 4.90 Å². The van der Waals surface area contributed by atoms with E-state index in [1.807, 2.05) is 24.5 Å². The molecule has 1 aliphatic rings. The molecule has 5 heteroatoms. The molecule has 0 N–H and O–H groups in total. The zero-order valence-corrected chi connectivity index (χ0v) is 30.5. The van der Waals surface area contributed by atoms with Crippen LogP contribution in [0.4, 0.5) is 17.1 Å². The maximum atomic E-state index is 5.34. The summed E-state index contributed by atoms with van der Waals surface area (Å²) in [7, 11) is 0. The van der Waals surface area contributed by atoms with Gasteiger partial charge in [0.15, 0.2) is 0 Å². The largest absolute Gasteiger partial charge is 0.310 e. The second-order valence-corrected chi connectivity index (χ2v) is 14.9. The van der Waals surface area contributed by atoms with Crippen molar-refractivity contribution in [3.8, 4) is 28.3 Å². The van der Waals surface area contributed by atoms with E-state index in [4.69, 9.17) is 9.97 Å². The molecule has 0 aliphatic carbocycles. The third kappa shape index (κ3) is 4.76. The van der Waals surface area contributed by atoms with Gasteiger partial charge in [0.1, 0.15) is 0 Å². The summed E-state index contributed by atoms with van der Waals surface area (Å²) in [6.07, 6.45) is 3.65. The summed E-state index contributed by atoms with van der Waals surface area (Å²) in [5.74, 6) is 0.643. The highest BCUT2D eigenvalue weighted by atomic mass is 15.2. The third-order valence-electron chi connectivity index (χ3n) is 11.5. The lowest BCUT2D eigenvalue weighted by Crippen LogP contribution is -2.30. The molecule has 0 bridgehead atoms. The Morgan fingerprint density at radius 3 is 1.87 bits per heavy atom. The molecular weight excluding hydrogens is 671 g/mol. The highest BCUT2D eigenvalue weighted by molar-refractivity contribution is 6.12. The molecular formula is C50H35N5. The van der Waals surface area contributed by atoms with Gasteiger partial charge in [0, 0.05) is 50.6 Å². The van der Waals surface area contributed by atoms with E-state index in [2.05, 4.69) is 180 Å². The smallest absolute Gasteiger partial charge is 0.235 e. The van der Waals surface area contributed by atoms with E-state index >= 15 is 0 Å². The molecule has 0 saturated carbocycles. The van der Waals surface area contributed by atoms with Gasteiger partial charge in [-0.05, 0) is 88.3 Å². The summed E-state index contributed by atoms with van der Waals surface area (Å²) < 4.78 is 2.22. The lowest BCUT2D eigenvalue weighted by Gasteiger charge is -2.42. The Balaban J connectivity index is 1.06. The topological polar surface area (TPSA) is 46.8 Å². The summed E-state index contributed by atoms with van der Waals surface area (Å²) in [5.41, 5.74) is 13.4. The molecule has 1 aliphatic heterocycles. The van der Waals surface area contributed by atoms with Gasteiger partial charge in [-0.25, -0.2) is 9.97 Å². The number of benzene rings is 7. The number of para-hydroxylation sites is 3. The van der Waals surface area contributed by atoms with Crippen LogP contribution in [-0.2, 0) is 5.41 Å². The molecule has 0 saturated heterocycles. The maximum absolute atomic E-state index is 5.34. The predicted molar refractivity (Wildman–Crippen MR) is 227 cm³/mol. The first-order valence-electron chi connectivity index (χ1n) is 18.8. The van der Waals surface area contributed by atoms with Gasteiger partial charge in [-0.1, -0.05) is 117 Å². The molecule has 0 unspecified atom stereocenters. The van der Waals surface area contributed by atoms with Crippen LogP contribution in [0.15, 0.2) is 176 Å². The Morgan fingerprint density at radius 1 is 0.473 bits per heavy atom. The average Bonchev–Trinajstić information content (AvgIpc) is 3.58. The Hall–Kier alpha value is -7.11. The monoisotopic (exact) mass is 705 g/mol. The van der Waals surface area contributed by atoms with Crippen LogP contribution in [0.1, 0.15) is 25.0 Å². The zero-order chi connectivity index (χ0) is 36.7. The van der Waals surface area contributed by atoms with E-state index in [1.54, 1.807) is 0 Å².